The fourth-order valence-electron chi connectivity index (χ4n) is 2.62. The molecule has 0 fully saturated rings. The third kappa shape index (κ3) is 4.57. The van der Waals surface area contributed by atoms with Gasteiger partial charge in [0.2, 0.25) is 0 Å². The fraction of sp³-hybridized carbons (Fsp3) is 0.158. The van der Waals surface area contributed by atoms with Crippen LogP contribution in [0.1, 0.15) is 11.1 Å². The Morgan fingerprint density at radius 1 is 1.07 bits per heavy atom. The van der Waals surface area contributed by atoms with Crippen LogP contribution in [0, 0.1) is 19.9 Å². The Balaban J connectivity index is 0.00000280. The van der Waals surface area contributed by atoms with Crippen molar-refractivity contribution in [2.45, 2.75) is 18.7 Å². The number of azo groups is 1. The molecular formula is C19H18N3O4SY-. The molecule has 0 aliphatic carbocycles. The van der Waals surface area contributed by atoms with Crippen LogP contribution in [0.15, 0.2) is 51.5 Å². The number of phenols is 1. The Kier molecular flexibility index (Phi) is 6.93. The third-order valence-electron chi connectivity index (χ3n) is 4.29. The van der Waals surface area contributed by atoms with Crippen molar-refractivity contribution in [2.24, 2.45) is 10.2 Å². The normalized spacial score (nSPS) is 11.6. The minimum atomic E-state index is -4.63. The van der Waals surface area contributed by atoms with Crippen LogP contribution in [0.25, 0.3) is 10.8 Å². The Hall–Kier alpha value is -1.87. The first-order chi connectivity index (χ1) is 12.7. The number of anilines is 1. The zero-order chi connectivity index (χ0) is 19.8. The first kappa shape index (κ1) is 22.4. The number of nitrogens with one attached hydrogen (secondary N) is 1. The maximum Gasteiger partial charge on any atom is 0.296 e. The van der Waals surface area contributed by atoms with Gasteiger partial charge < -0.3 is 10.4 Å². The average molecular weight is 473 g/mol. The zero-order valence-corrected chi connectivity index (χ0v) is 19.2. The van der Waals surface area contributed by atoms with E-state index in [1.165, 1.54) is 6.07 Å². The number of hydrogen-bond acceptors (Lipinski definition) is 6. The molecule has 1 radical (unpaired) electrons. The van der Waals surface area contributed by atoms with Gasteiger partial charge in [0.1, 0.15) is 10.6 Å². The predicted octanol–water partition coefficient (Wildman–Crippen LogP) is 4.66. The van der Waals surface area contributed by atoms with E-state index in [1.807, 2.05) is 13.8 Å². The van der Waals surface area contributed by atoms with E-state index < -0.39 is 15.0 Å². The van der Waals surface area contributed by atoms with E-state index in [1.54, 1.807) is 37.4 Å². The van der Waals surface area contributed by atoms with Crippen LogP contribution in [-0.4, -0.2) is 25.1 Å². The van der Waals surface area contributed by atoms with E-state index >= 15 is 0 Å². The molecule has 0 unspecified atom stereocenters. The van der Waals surface area contributed by atoms with Gasteiger partial charge in [-0.2, -0.15) is 36.8 Å². The van der Waals surface area contributed by atoms with Crippen LogP contribution in [0.4, 0.5) is 17.1 Å². The van der Waals surface area contributed by atoms with E-state index in [0.29, 0.717) is 16.5 Å². The van der Waals surface area contributed by atoms with Crippen molar-refractivity contribution < 1.29 is 50.8 Å². The van der Waals surface area contributed by atoms with Crippen molar-refractivity contribution in [3.8, 4) is 5.75 Å². The topological polar surface area (TPSA) is 111 Å². The summed E-state index contributed by atoms with van der Waals surface area (Å²) in [5.41, 5.74) is 2.78. The first-order valence-corrected chi connectivity index (χ1v) is 9.50. The van der Waals surface area contributed by atoms with E-state index in [9.17, 15) is 18.1 Å². The number of hydrogen-bond donors (Lipinski definition) is 3. The van der Waals surface area contributed by atoms with Gasteiger partial charge in [-0.15, -0.1) is 11.2 Å². The number of nitrogens with zero attached hydrogens (tertiary/aromatic N) is 2. The molecule has 3 N–H and O–H groups in total. The summed E-state index contributed by atoms with van der Waals surface area (Å²) in [7, 11) is -2.91. The predicted molar refractivity (Wildman–Crippen MR) is 104 cm³/mol. The van der Waals surface area contributed by atoms with Crippen molar-refractivity contribution in [2.75, 3.05) is 12.4 Å². The smallest absolute Gasteiger partial charge is 0.296 e. The second kappa shape index (κ2) is 8.65. The number of aryl methyl sites for hydroxylation is 2. The summed E-state index contributed by atoms with van der Waals surface area (Å²) >= 11 is 0. The quantitative estimate of drug-likeness (QED) is 0.290. The minimum absolute atomic E-state index is 0. The summed E-state index contributed by atoms with van der Waals surface area (Å²) in [4.78, 5) is -0.520. The molecule has 0 bridgehead atoms. The molecule has 0 aliphatic rings. The molecule has 0 saturated heterocycles. The number of phenolic OH excluding ortho intramolecular Hbond substituents is 1. The molecule has 0 atom stereocenters. The summed E-state index contributed by atoms with van der Waals surface area (Å²) in [6.07, 6.45) is 0. The number of aromatic hydroxyl groups is 1. The van der Waals surface area contributed by atoms with Crippen molar-refractivity contribution in [3.63, 3.8) is 0 Å². The molecule has 143 valence electrons. The van der Waals surface area contributed by atoms with Gasteiger partial charge in [0.25, 0.3) is 10.1 Å². The van der Waals surface area contributed by atoms with Crippen molar-refractivity contribution in [1.29, 1.82) is 0 Å². The van der Waals surface area contributed by atoms with Gasteiger partial charge in [-0.1, -0.05) is 13.8 Å². The molecule has 3 rings (SSSR count). The monoisotopic (exact) mass is 473 g/mol. The Bertz CT molecular complexity index is 1180. The minimum Gasteiger partial charge on any atom is -0.505 e. The van der Waals surface area contributed by atoms with Gasteiger partial charge in [0.15, 0.2) is 5.75 Å². The summed E-state index contributed by atoms with van der Waals surface area (Å²) < 4.78 is 33.3. The second-order valence-electron chi connectivity index (χ2n) is 6.12. The average Bonchev–Trinajstić information content (AvgIpc) is 2.62. The molecular weight excluding hydrogens is 455 g/mol. The third-order valence-corrected chi connectivity index (χ3v) is 5.15. The van der Waals surface area contributed by atoms with Crippen LogP contribution in [0.3, 0.4) is 0 Å². The Morgan fingerprint density at radius 2 is 1.79 bits per heavy atom. The standard InChI is InChI=1S/C19H18N3O4S.Y/c1-11-4-5-15(8-12(11)2)21-22-18-17(27(24,25)26)10-13-9-14(20-3)6-7-16(13)19(18)23;/h4,6-10,20,23H,1-3H3,(H,24,25,26);/q-1;. The maximum absolute atomic E-state index is 11.8. The van der Waals surface area contributed by atoms with Crippen LogP contribution in [0.5, 0.6) is 5.75 Å². The summed E-state index contributed by atoms with van der Waals surface area (Å²) in [5.74, 6) is -0.379. The van der Waals surface area contributed by atoms with Gasteiger partial charge in [-0.05, 0) is 35.3 Å². The van der Waals surface area contributed by atoms with Gasteiger partial charge in [0.05, 0.1) is 0 Å². The van der Waals surface area contributed by atoms with Crippen LogP contribution in [0.2, 0.25) is 0 Å². The van der Waals surface area contributed by atoms with Crippen molar-refractivity contribution >= 4 is 38.0 Å². The van der Waals surface area contributed by atoms with Crippen LogP contribution >= 0.6 is 0 Å². The number of rotatable bonds is 4. The van der Waals surface area contributed by atoms with Crippen LogP contribution in [-0.2, 0) is 42.8 Å². The van der Waals surface area contributed by atoms with Gasteiger partial charge in [0, 0.05) is 50.8 Å². The molecule has 3 aromatic rings. The van der Waals surface area contributed by atoms with Gasteiger partial charge in [-0.25, -0.2) is 0 Å². The fourth-order valence-corrected chi connectivity index (χ4v) is 3.28. The Labute approximate surface area is 188 Å². The molecule has 0 saturated carbocycles. The number of fused-ring (bicyclic) bond motifs is 1. The van der Waals surface area contributed by atoms with E-state index in [-0.39, 0.29) is 44.1 Å². The van der Waals surface area contributed by atoms with Crippen molar-refractivity contribution in [3.05, 3.63) is 53.6 Å². The van der Waals surface area contributed by atoms with Gasteiger partial charge in [-0.3, -0.25) is 4.55 Å². The summed E-state index contributed by atoms with van der Waals surface area (Å²) in [6.45, 7) is 3.83. The molecule has 9 heteroatoms. The second-order valence-corrected chi connectivity index (χ2v) is 7.51. The van der Waals surface area contributed by atoms with Crippen LogP contribution < -0.4 is 5.32 Å². The summed E-state index contributed by atoms with van der Waals surface area (Å²) in [5, 5.41) is 22.2. The molecule has 0 aliphatic heterocycles. The maximum atomic E-state index is 11.8. The molecule has 7 nitrogen and oxygen atoms in total. The first-order valence-electron chi connectivity index (χ1n) is 8.06. The molecule has 28 heavy (non-hydrogen) atoms. The molecule has 3 aromatic carbocycles. The molecule has 0 heterocycles. The number of benzene rings is 3. The largest absolute Gasteiger partial charge is 0.505 e. The van der Waals surface area contributed by atoms with Crippen molar-refractivity contribution in [1.82, 2.24) is 0 Å². The van der Waals surface area contributed by atoms with Gasteiger partial charge >= 0.3 is 0 Å². The van der Waals surface area contributed by atoms with E-state index in [0.717, 1.165) is 16.8 Å². The summed E-state index contributed by atoms with van der Waals surface area (Å²) in [6, 6.07) is 12.7. The van der Waals surface area contributed by atoms with E-state index in [2.05, 4.69) is 21.6 Å². The molecule has 0 aromatic heterocycles. The molecule has 0 amide bonds. The zero-order valence-electron chi connectivity index (χ0n) is 15.6. The van der Waals surface area contributed by atoms with E-state index in [4.69, 9.17) is 0 Å². The molecule has 0 spiro atoms. The Morgan fingerprint density at radius 3 is 2.39 bits per heavy atom. The SMILES string of the molecule is CNc1ccc2c(O)c(N=Nc3[c-]cc(C)c(C)c3)c(S(=O)(=O)O)cc2c1.[Y].